The molecule has 0 spiro atoms. The van der Waals surface area contributed by atoms with Crippen molar-refractivity contribution in [3.63, 3.8) is 0 Å². The Morgan fingerprint density at radius 3 is 2.06 bits per heavy atom. The van der Waals surface area contributed by atoms with Crippen molar-refractivity contribution >= 4 is 44.6 Å². The number of hydrogen-bond donors (Lipinski definition) is 0. The Morgan fingerprint density at radius 2 is 1.27 bits per heavy atom. The summed E-state index contributed by atoms with van der Waals surface area (Å²) in [6, 6.07) is 58.8. The second-order valence-corrected chi connectivity index (χ2v) is 14.9. The van der Waals surface area contributed by atoms with Crippen molar-refractivity contribution in [1.82, 2.24) is 18.7 Å². The number of pyridine rings is 1. The molecule has 0 unspecified atom stereocenters. The molecule has 6 heteroatoms. The first-order chi connectivity index (χ1) is 24.9. The van der Waals surface area contributed by atoms with Crippen molar-refractivity contribution in [1.29, 1.82) is 0 Å². The number of imidazole rings is 1. The van der Waals surface area contributed by atoms with Gasteiger partial charge in [-0.15, -0.1) is 34.2 Å². The largest absolute Gasteiger partial charge is 0.319 e. The molecule has 0 aliphatic rings. The summed E-state index contributed by atoms with van der Waals surface area (Å²) < 4.78 is 6.82. The maximum Gasteiger partial charge on any atom is 0.188 e. The van der Waals surface area contributed by atoms with Crippen LogP contribution in [0.15, 0.2) is 168 Å². The van der Waals surface area contributed by atoms with Gasteiger partial charge in [0.15, 0.2) is 17.4 Å². The van der Waals surface area contributed by atoms with Gasteiger partial charge in [-0.1, -0.05) is 89.3 Å². The summed E-state index contributed by atoms with van der Waals surface area (Å²) >= 11 is 1.68. The molecule has 0 fully saturated rings. The summed E-state index contributed by atoms with van der Waals surface area (Å²) in [4.78, 5) is 6.99. The molecule has 0 saturated heterocycles. The van der Waals surface area contributed by atoms with Crippen LogP contribution in [0, 0.1) is 12.1 Å². The number of hydrogen-bond acceptors (Lipinski definition) is 2. The third-order valence-electron chi connectivity index (χ3n) is 9.44. The van der Waals surface area contributed by atoms with Crippen molar-refractivity contribution < 1.29 is 21.1 Å². The van der Waals surface area contributed by atoms with Gasteiger partial charge < -0.3 is 4.57 Å². The number of fused-ring (bicyclic) bond motifs is 4. The van der Waals surface area contributed by atoms with E-state index in [1.165, 1.54) is 27.6 Å². The number of rotatable bonds is 6. The van der Waals surface area contributed by atoms with E-state index in [1.807, 2.05) is 6.20 Å². The van der Waals surface area contributed by atoms with Crippen LogP contribution in [0.3, 0.4) is 0 Å². The molecule has 256 valence electrons. The number of aromatic nitrogens is 4. The van der Waals surface area contributed by atoms with Gasteiger partial charge in [0.25, 0.3) is 0 Å². The minimum atomic E-state index is -0.0559. The fraction of sp³-hybridized carbons (Fsp3) is 0.0870. The van der Waals surface area contributed by atoms with E-state index in [0.717, 1.165) is 48.8 Å². The fourth-order valence-electron chi connectivity index (χ4n) is 7.08. The summed E-state index contributed by atoms with van der Waals surface area (Å²) in [5, 5.41) is 2.33. The predicted octanol–water partition coefficient (Wildman–Crippen LogP) is 12.0. The van der Waals surface area contributed by atoms with Crippen LogP contribution in [-0.4, -0.2) is 18.7 Å². The van der Waals surface area contributed by atoms with Crippen LogP contribution >= 0.6 is 11.8 Å². The van der Waals surface area contributed by atoms with Gasteiger partial charge >= 0.3 is 0 Å². The number of benzene rings is 6. The molecule has 6 aromatic carbocycles. The van der Waals surface area contributed by atoms with Crippen molar-refractivity contribution in [3.8, 4) is 33.8 Å². The van der Waals surface area contributed by atoms with E-state index in [-0.39, 0.29) is 26.6 Å². The Kier molecular flexibility index (Phi) is 8.95. The monoisotopic (exact) mass is 870 g/mol. The molecule has 4 nitrogen and oxygen atoms in total. The second-order valence-electron chi connectivity index (χ2n) is 13.8. The average molecular weight is 871 g/mol. The van der Waals surface area contributed by atoms with Gasteiger partial charge in [0.1, 0.15) is 5.82 Å². The summed E-state index contributed by atoms with van der Waals surface area (Å²) in [6.07, 6.45) is 4.11. The first-order valence-electron chi connectivity index (χ1n) is 17.2. The molecule has 9 aromatic rings. The van der Waals surface area contributed by atoms with Gasteiger partial charge in [-0.25, -0.2) is 14.1 Å². The molecule has 0 N–H and O–H groups in total. The van der Waals surface area contributed by atoms with E-state index in [2.05, 4.69) is 199 Å². The number of para-hydroxylation sites is 3. The van der Waals surface area contributed by atoms with E-state index in [0.29, 0.717) is 0 Å². The molecule has 0 bridgehead atoms. The smallest absolute Gasteiger partial charge is 0.188 e. The van der Waals surface area contributed by atoms with Crippen LogP contribution in [0.2, 0.25) is 0 Å². The Balaban J connectivity index is 0.00000387. The second kappa shape index (κ2) is 13.7. The quantitative estimate of drug-likeness (QED) is 0.156. The van der Waals surface area contributed by atoms with Crippen molar-refractivity contribution in [2.75, 3.05) is 0 Å². The maximum absolute atomic E-state index is 4.94. The molecule has 0 saturated carbocycles. The molecule has 0 radical (unpaired) electrons. The van der Waals surface area contributed by atoms with Gasteiger partial charge in [-0.3, -0.25) is 0 Å². The molecule has 0 aliphatic heterocycles. The molecule has 3 heterocycles. The third-order valence-corrected chi connectivity index (χ3v) is 10.4. The zero-order valence-electron chi connectivity index (χ0n) is 29.0. The molecule has 9 rings (SSSR count). The zero-order valence-corrected chi connectivity index (χ0v) is 32.1. The minimum Gasteiger partial charge on any atom is -0.319 e. The van der Waals surface area contributed by atoms with Crippen LogP contribution in [0.5, 0.6) is 0 Å². The van der Waals surface area contributed by atoms with Crippen LogP contribution in [0.4, 0.5) is 0 Å². The number of nitrogens with zero attached hydrogens (tertiary/aromatic N) is 4. The standard InChI is InChI=1S/C46H35N4S.Pt/c1-46(2,3)49-31-48(42-22-11-12-23-43(42)49)34-16-13-17-35(29-34)51-36-24-25-40-39-20-9-10-21-41(39)50(44(40)30-36)45-28-33(26-27-47-45)38-19-8-7-18-37(38)32-14-5-4-6-15-32;/h4-28,31H,1-3H3;/q-1;. The van der Waals surface area contributed by atoms with Crippen molar-refractivity contribution in [2.45, 2.75) is 36.1 Å². The normalized spacial score (nSPS) is 11.7. The Morgan fingerprint density at radius 1 is 0.596 bits per heavy atom. The SMILES string of the molecule is CC(C)(C)n1[cH+]n(-c2[c-]c(Sc3[c-]c4c(cc3)c3ccccc3n4-c3cc(-c4ccccc4-c4ccccc4)ccn3)ccc2)c2ccccc21.[Pt]. The molecular formula is C46H35N4PtS-. The van der Waals surface area contributed by atoms with Crippen molar-refractivity contribution in [2.24, 2.45) is 0 Å². The Hall–Kier alpha value is -5.22. The van der Waals surface area contributed by atoms with Crippen molar-refractivity contribution in [3.05, 3.63) is 170 Å². The zero-order chi connectivity index (χ0) is 34.5. The third kappa shape index (κ3) is 6.08. The van der Waals surface area contributed by atoms with E-state index in [4.69, 9.17) is 4.98 Å². The van der Waals surface area contributed by atoms with Gasteiger partial charge in [-0.05, 0) is 78.7 Å². The summed E-state index contributed by atoms with van der Waals surface area (Å²) in [5.74, 6) is 0.861. The van der Waals surface area contributed by atoms with E-state index < -0.39 is 0 Å². The molecule has 52 heavy (non-hydrogen) atoms. The van der Waals surface area contributed by atoms with E-state index in [1.54, 1.807) is 11.8 Å². The predicted molar refractivity (Wildman–Crippen MR) is 212 cm³/mol. The topological polar surface area (TPSA) is 27.7 Å². The summed E-state index contributed by atoms with van der Waals surface area (Å²) in [6.45, 7) is 6.71. The molecular weight excluding hydrogens is 836 g/mol. The molecule has 3 aromatic heterocycles. The first kappa shape index (κ1) is 33.9. The Labute approximate surface area is 322 Å². The molecule has 0 aliphatic carbocycles. The first-order valence-corrected chi connectivity index (χ1v) is 18.0. The van der Waals surface area contributed by atoms with Gasteiger partial charge in [0.2, 0.25) is 0 Å². The maximum atomic E-state index is 4.94. The molecule has 0 amide bonds. The summed E-state index contributed by atoms with van der Waals surface area (Å²) in [7, 11) is 0. The van der Waals surface area contributed by atoms with Crippen LogP contribution in [-0.2, 0) is 26.6 Å². The molecule has 0 atom stereocenters. The minimum absolute atomic E-state index is 0. The van der Waals surface area contributed by atoms with E-state index >= 15 is 0 Å². The fourth-order valence-corrected chi connectivity index (χ4v) is 7.90. The van der Waals surface area contributed by atoms with Crippen LogP contribution in [0.25, 0.3) is 66.6 Å². The van der Waals surface area contributed by atoms with Gasteiger partial charge in [0, 0.05) is 50.6 Å². The van der Waals surface area contributed by atoms with Gasteiger partial charge in [0.05, 0.1) is 5.54 Å². The van der Waals surface area contributed by atoms with Crippen LogP contribution < -0.4 is 0 Å². The average Bonchev–Trinajstić information content (AvgIpc) is 3.72. The summed E-state index contributed by atoms with van der Waals surface area (Å²) in [5.41, 5.74) is 10.1. The van der Waals surface area contributed by atoms with Crippen LogP contribution in [0.1, 0.15) is 20.8 Å². The van der Waals surface area contributed by atoms with Gasteiger partial charge in [-0.2, -0.15) is 24.3 Å². The Bertz CT molecular complexity index is 2720. The van der Waals surface area contributed by atoms with E-state index in [9.17, 15) is 0 Å².